The molecule has 270 valence electrons. The molecule has 46 heavy (non-hydrogen) atoms. The molecule has 0 aliphatic heterocycles. The summed E-state index contributed by atoms with van der Waals surface area (Å²) in [5.74, 6) is 3.19. The fourth-order valence-electron chi connectivity index (χ4n) is 11.0. The van der Waals surface area contributed by atoms with Gasteiger partial charge in [-0.25, -0.2) is 4.18 Å². The van der Waals surface area contributed by atoms with Crippen LogP contribution in [0.4, 0.5) is 0 Å². The van der Waals surface area contributed by atoms with Crippen molar-refractivity contribution in [2.24, 2.45) is 58.0 Å². The molecule has 4 aliphatic rings. The van der Waals surface area contributed by atoms with Crippen molar-refractivity contribution in [2.45, 2.75) is 136 Å². The molecule has 10 heteroatoms. The molecular weight excluding hydrogens is 600 g/mol. The lowest BCUT2D eigenvalue weighted by Gasteiger charge is -2.62. The molecule has 4 saturated carbocycles. The Morgan fingerprint density at radius 2 is 1.48 bits per heavy atom. The molecule has 4 unspecified atom stereocenters. The highest BCUT2D eigenvalue weighted by molar-refractivity contribution is 7.80. The predicted molar refractivity (Wildman–Crippen MR) is 187 cm³/mol. The van der Waals surface area contributed by atoms with Gasteiger partial charge in [0.1, 0.15) is 0 Å². The zero-order valence-corrected chi connectivity index (χ0v) is 30.6. The molecule has 0 aromatic heterocycles. The van der Waals surface area contributed by atoms with E-state index in [0.29, 0.717) is 53.4 Å². The SMILES string of the molecule is CC(C)[C@@H](CC[C@@H](C)C1CCC2C3C(CC[C@@]21C)[C@@]1(C)CC[C@H](NCCCNCCCNCCCN)C[C@@H]1C[C@H]3O)OS(=O)(=O)O. The molecule has 0 radical (unpaired) electrons. The van der Waals surface area contributed by atoms with Gasteiger partial charge in [0.15, 0.2) is 0 Å². The Balaban J connectivity index is 1.25. The van der Waals surface area contributed by atoms with Gasteiger partial charge < -0.3 is 26.8 Å². The molecular formula is C36H70N4O5S. The van der Waals surface area contributed by atoms with Gasteiger partial charge in [0.2, 0.25) is 0 Å². The quantitative estimate of drug-likeness (QED) is 0.0812. The van der Waals surface area contributed by atoms with Crippen LogP contribution in [-0.4, -0.2) is 75.6 Å². The van der Waals surface area contributed by atoms with Crippen LogP contribution in [-0.2, 0) is 14.6 Å². The van der Waals surface area contributed by atoms with Crippen LogP contribution in [0.5, 0.6) is 0 Å². The minimum atomic E-state index is -4.46. The summed E-state index contributed by atoms with van der Waals surface area (Å²) in [6.45, 7) is 17.3. The number of aliphatic hydroxyl groups excluding tert-OH is 1. The standard InChI is InChI=1S/C36H70N4O5S/c1-25(2)33(45-46(42,43)44)12-9-26(3)29-10-11-30-34-31(14-16-36(29,30)5)35(4)15-13-28(23-27(35)24-32(34)41)40-22-8-21-39-20-7-19-38-18-6-17-37/h25-34,38-41H,6-24,37H2,1-5H3,(H,42,43,44)/t26-,27-,28+,29?,30?,31?,32-,33-,34?,35+,36-/m1/s1. The molecule has 0 bridgehead atoms. The van der Waals surface area contributed by atoms with E-state index in [1.165, 1.54) is 44.9 Å². The summed E-state index contributed by atoms with van der Waals surface area (Å²) in [5, 5.41) is 22.7. The fourth-order valence-corrected chi connectivity index (χ4v) is 11.6. The van der Waals surface area contributed by atoms with Gasteiger partial charge in [-0.05, 0) is 175 Å². The van der Waals surface area contributed by atoms with Crippen LogP contribution in [0.2, 0.25) is 0 Å². The highest BCUT2D eigenvalue weighted by Gasteiger charge is 2.62. The second kappa shape index (κ2) is 17.1. The Kier molecular flexibility index (Phi) is 14.3. The van der Waals surface area contributed by atoms with E-state index in [-0.39, 0.29) is 17.4 Å². The van der Waals surface area contributed by atoms with Crippen LogP contribution in [0, 0.1) is 52.3 Å². The van der Waals surface area contributed by atoms with Gasteiger partial charge in [-0.2, -0.15) is 8.42 Å². The van der Waals surface area contributed by atoms with Gasteiger partial charge in [-0.1, -0.05) is 34.6 Å². The Morgan fingerprint density at radius 3 is 2.13 bits per heavy atom. The van der Waals surface area contributed by atoms with Crippen molar-refractivity contribution in [2.75, 3.05) is 39.3 Å². The van der Waals surface area contributed by atoms with E-state index >= 15 is 0 Å². The lowest BCUT2D eigenvalue weighted by molar-refractivity contribution is -0.167. The molecule has 0 heterocycles. The van der Waals surface area contributed by atoms with E-state index in [2.05, 4.69) is 36.7 Å². The predicted octanol–water partition coefficient (Wildman–Crippen LogP) is 5.14. The third-order valence-electron chi connectivity index (χ3n) is 13.6. The third kappa shape index (κ3) is 9.46. The third-order valence-corrected chi connectivity index (χ3v) is 14.1. The van der Waals surface area contributed by atoms with Gasteiger partial charge >= 0.3 is 10.4 Å². The van der Waals surface area contributed by atoms with Gasteiger partial charge in [0.25, 0.3) is 0 Å². The Labute approximate surface area is 281 Å². The maximum absolute atomic E-state index is 11.8. The van der Waals surface area contributed by atoms with Crippen LogP contribution < -0.4 is 21.7 Å². The minimum absolute atomic E-state index is 0.0135. The Morgan fingerprint density at radius 1 is 0.848 bits per heavy atom. The van der Waals surface area contributed by atoms with Gasteiger partial charge in [0.05, 0.1) is 12.2 Å². The first-order chi connectivity index (χ1) is 21.8. The summed E-state index contributed by atoms with van der Waals surface area (Å²) < 4.78 is 37.2. The number of hydrogen-bond acceptors (Lipinski definition) is 8. The number of nitrogens with one attached hydrogen (secondary N) is 3. The molecule has 11 atom stereocenters. The zero-order chi connectivity index (χ0) is 33.5. The minimum Gasteiger partial charge on any atom is -0.393 e. The number of aliphatic hydroxyl groups is 1. The number of nitrogens with two attached hydrogens (primary N) is 1. The van der Waals surface area contributed by atoms with E-state index in [1.54, 1.807) is 0 Å². The largest absolute Gasteiger partial charge is 0.397 e. The van der Waals surface area contributed by atoms with E-state index in [9.17, 15) is 18.1 Å². The molecule has 4 rings (SSSR count). The summed E-state index contributed by atoms with van der Waals surface area (Å²) in [7, 11) is -4.46. The normalized spacial score (nSPS) is 37.5. The van der Waals surface area contributed by atoms with E-state index in [1.807, 2.05) is 13.8 Å². The Hall–Kier alpha value is -0.330. The summed E-state index contributed by atoms with van der Waals surface area (Å²) in [6.07, 6.45) is 13.7. The number of fused-ring (bicyclic) bond motifs is 5. The molecule has 4 aliphatic carbocycles. The van der Waals surface area contributed by atoms with Gasteiger partial charge in [0, 0.05) is 6.04 Å². The molecule has 4 fully saturated rings. The second-order valence-corrected chi connectivity index (χ2v) is 17.7. The first-order valence-corrected chi connectivity index (χ1v) is 20.3. The van der Waals surface area contributed by atoms with Crippen LogP contribution in [0.3, 0.4) is 0 Å². The highest BCUT2D eigenvalue weighted by Crippen LogP contribution is 2.68. The van der Waals surface area contributed by atoms with Crippen molar-refractivity contribution in [3.63, 3.8) is 0 Å². The summed E-state index contributed by atoms with van der Waals surface area (Å²) in [4.78, 5) is 0. The number of hydrogen-bond donors (Lipinski definition) is 6. The Bertz CT molecular complexity index is 1030. The second-order valence-electron chi connectivity index (χ2n) is 16.7. The van der Waals surface area contributed by atoms with Crippen LogP contribution in [0.25, 0.3) is 0 Å². The molecule has 7 N–H and O–H groups in total. The molecule has 0 saturated heterocycles. The lowest BCUT2D eigenvalue weighted by atomic mass is 9.43. The van der Waals surface area contributed by atoms with Crippen LogP contribution in [0.1, 0.15) is 118 Å². The van der Waals surface area contributed by atoms with Crippen molar-refractivity contribution in [1.82, 2.24) is 16.0 Å². The van der Waals surface area contributed by atoms with Crippen molar-refractivity contribution >= 4 is 10.4 Å². The van der Waals surface area contributed by atoms with Crippen molar-refractivity contribution < 1.29 is 22.3 Å². The maximum Gasteiger partial charge on any atom is 0.397 e. The van der Waals surface area contributed by atoms with Crippen molar-refractivity contribution in [1.29, 1.82) is 0 Å². The first kappa shape index (κ1) is 38.5. The topological polar surface area (TPSA) is 146 Å². The lowest BCUT2D eigenvalue weighted by Crippen LogP contribution is -2.59. The number of rotatable bonds is 19. The van der Waals surface area contributed by atoms with Crippen molar-refractivity contribution in [3.05, 3.63) is 0 Å². The molecule has 9 nitrogen and oxygen atoms in total. The smallest absolute Gasteiger partial charge is 0.393 e. The molecule has 0 amide bonds. The van der Waals surface area contributed by atoms with Crippen LogP contribution in [0.15, 0.2) is 0 Å². The summed E-state index contributed by atoms with van der Waals surface area (Å²) in [5.41, 5.74) is 6.08. The average molecular weight is 671 g/mol. The van der Waals surface area contributed by atoms with Gasteiger partial charge in [-0.3, -0.25) is 4.55 Å². The maximum atomic E-state index is 11.8. The monoisotopic (exact) mass is 671 g/mol. The molecule has 0 spiro atoms. The highest BCUT2D eigenvalue weighted by atomic mass is 32.3. The zero-order valence-electron chi connectivity index (χ0n) is 29.8. The average Bonchev–Trinajstić information content (AvgIpc) is 3.35. The van der Waals surface area contributed by atoms with E-state index < -0.39 is 16.5 Å². The first-order valence-electron chi connectivity index (χ1n) is 19.0. The van der Waals surface area contributed by atoms with E-state index in [0.717, 1.165) is 71.4 Å². The van der Waals surface area contributed by atoms with Crippen LogP contribution >= 0.6 is 0 Å². The fraction of sp³-hybridized carbons (Fsp3) is 1.00. The van der Waals surface area contributed by atoms with E-state index in [4.69, 9.17) is 9.92 Å². The van der Waals surface area contributed by atoms with Crippen molar-refractivity contribution in [3.8, 4) is 0 Å². The summed E-state index contributed by atoms with van der Waals surface area (Å²) in [6, 6.07) is 0.568. The molecule has 0 aromatic rings. The van der Waals surface area contributed by atoms with Gasteiger partial charge in [-0.15, -0.1) is 0 Å². The molecule has 0 aromatic carbocycles. The summed E-state index contributed by atoms with van der Waals surface area (Å²) >= 11 is 0.